The predicted octanol–water partition coefficient (Wildman–Crippen LogP) is 0.0840. The summed E-state index contributed by atoms with van der Waals surface area (Å²) in [6.07, 6.45) is 1.33. The predicted molar refractivity (Wildman–Crippen MR) is 41.7 cm³/mol. The van der Waals surface area contributed by atoms with Crippen molar-refractivity contribution in [3.05, 3.63) is 42.1 Å². The average molecular weight is 176 g/mol. The number of nitrogens with zero attached hydrogens (tertiary/aromatic N) is 2. The summed E-state index contributed by atoms with van der Waals surface area (Å²) >= 11 is 0. The van der Waals surface area contributed by atoms with Crippen LogP contribution in [0.15, 0.2) is 41.1 Å². The maximum atomic E-state index is 10.6. The zero-order valence-corrected chi connectivity index (χ0v) is 6.88. The molecule has 0 fully saturated rings. The van der Waals surface area contributed by atoms with Crippen molar-refractivity contribution in [2.75, 3.05) is 0 Å². The van der Waals surface area contributed by atoms with Crippen molar-refractivity contribution in [3.8, 4) is 5.95 Å². The largest absolute Gasteiger partial charge is 0.539 e. The number of aromatic nitrogens is 2. The molecule has 4 nitrogen and oxygen atoms in total. The Labute approximate surface area is 75.0 Å². The van der Waals surface area contributed by atoms with Gasteiger partial charge in [-0.25, -0.2) is 0 Å². The summed E-state index contributed by atoms with van der Waals surface area (Å²) in [5.41, 5.74) is 1.08. The van der Waals surface area contributed by atoms with Crippen LogP contribution in [0.2, 0.25) is 0 Å². The summed E-state index contributed by atoms with van der Waals surface area (Å²) in [5.74, 6) is -0.420. The minimum absolute atomic E-state index is 0.420. The van der Waals surface area contributed by atoms with Gasteiger partial charge in [0.05, 0.1) is 5.27 Å². The molecule has 0 bridgehead atoms. The summed E-state index contributed by atoms with van der Waals surface area (Å²) in [7, 11) is 0. The highest BCUT2D eigenvalue weighted by Gasteiger charge is 2.03. The van der Waals surface area contributed by atoms with Gasteiger partial charge in [0, 0.05) is 5.56 Å². The van der Waals surface area contributed by atoms with Crippen molar-refractivity contribution in [2.45, 2.75) is 6.54 Å². The fraction of sp³-hybridized carbons (Fsp3) is 0.111. The van der Waals surface area contributed by atoms with Crippen molar-refractivity contribution in [2.24, 2.45) is 0 Å². The lowest BCUT2D eigenvalue weighted by Crippen LogP contribution is -2.35. The molecule has 4 heteroatoms. The van der Waals surface area contributed by atoms with Gasteiger partial charge in [-0.3, -0.25) is 0 Å². The molecule has 0 saturated heterocycles. The van der Waals surface area contributed by atoms with Crippen LogP contribution in [0.4, 0.5) is 0 Å². The third kappa shape index (κ3) is 1.84. The van der Waals surface area contributed by atoms with Crippen molar-refractivity contribution in [3.63, 3.8) is 0 Å². The Hall–Kier alpha value is -1.84. The van der Waals surface area contributed by atoms with E-state index in [2.05, 4.69) is 9.79 Å². The molecule has 2 aromatic rings. The van der Waals surface area contributed by atoms with Gasteiger partial charge in [0.2, 0.25) is 12.7 Å². The van der Waals surface area contributed by atoms with Crippen LogP contribution in [-0.4, -0.2) is 5.27 Å². The molecule has 0 amide bonds. The maximum Gasteiger partial charge on any atom is 0.221 e. The lowest BCUT2D eigenvalue weighted by Gasteiger charge is -1.90. The Kier molecular flexibility index (Phi) is 1.96. The Morgan fingerprint density at radius 2 is 2.08 bits per heavy atom. The Morgan fingerprint density at radius 3 is 2.69 bits per heavy atom. The molecule has 1 aromatic heterocycles. The number of hydrogen-bond donors (Lipinski definition) is 0. The van der Waals surface area contributed by atoms with Gasteiger partial charge >= 0.3 is 0 Å². The molecule has 1 aromatic carbocycles. The highest BCUT2D eigenvalue weighted by Crippen LogP contribution is 1.98. The first kappa shape index (κ1) is 7.79. The first-order valence-electron chi connectivity index (χ1n) is 3.92. The molecule has 0 atom stereocenters. The first-order chi connectivity index (χ1) is 6.34. The lowest BCUT2D eigenvalue weighted by atomic mass is 10.2. The quantitative estimate of drug-likeness (QED) is 0.609. The molecule has 0 aliphatic rings. The SMILES string of the molecule is [O-]c1c[n+](Cc2ccccc2)no1. The Bertz CT molecular complexity index is 384. The van der Waals surface area contributed by atoms with Gasteiger partial charge < -0.3 is 9.63 Å². The highest BCUT2D eigenvalue weighted by molar-refractivity contribution is 5.13. The van der Waals surface area contributed by atoms with E-state index in [4.69, 9.17) is 0 Å². The van der Waals surface area contributed by atoms with Crippen LogP contribution in [0, 0.1) is 0 Å². The van der Waals surface area contributed by atoms with Crippen molar-refractivity contribution < 1.29 is 14.3 Å². The van der Waals surface area contributed by atoms with E-state index < -0.39 is 5.95 Å². The molecule has 2 rings (SSSR count). The molecule has 0 aliphatic heterocycles. The van der Waals surface area contributed by atoms with Crippen molar-refractivity contribution in [1.82, 2.24) is 5.27 Å². The second-order valence-corrected chi connectivity index (χ2v) is 2.70. The first-order valence-corrected chi connectivity index (χ1v) is 3.92. The molecule has 0 unspecified atom stereocenters. The van der Waals surface area contributed by atoms with E-state index >= 15 is 0 Å². The van der Waals surface area contributed by atoms with Crippen LogP contribution in [0.5, 0.6) is 5.95 Å². The minimum Gasteiger partial charge on any atom is -0.539 e. The molecular weight excluding hydrogens is 168 g/mol. The molecule has 0 aliphatic carbocycles. The summed E-state index contributed by atoms with van der Waals surface area (Å²) < 4.78 is 5.86. The lowest BCUT2D eigenvalue weighted by molar-refractivity contribution is -0.754. The van der Waals surface area contributed by atoms with Gasteiger partial charge in [0.1, 0.15) is 5.95 Å². The number of benzene rings is 1. The summed E-state index contributed by atoms with van der Waals surface area (Å²) in [6, 6.07) is 9.75. The average Bonchev–Trinajstić information content (AvgIpc) is 2.53. The number of rotatable bonds is 2. The molecule has 0 N–H and O–H groups in total. The van der Waals surface area contributed by atoms with Gasteiger partial charge in [0.15, 0.2) is 0 Å². The third-order valence-electron chi connectivity index (χ3n) is 1.68. The van der Waals surface area contributed by atoms with E-state index in [-0.39, 0.29) is 0 Å². The van der Waals surface area contributed by atoms with Gasteiger partial charge in [0.25, 0.3) is 0 Å². The summed E-state index contributed by atoms with van der Waals surface area (Å²) in [5, 5.41) is 14.2. The Balaban J connectivity index is 2.15. The van der Waals surface area contributed by atoms with E-state index in [9.17, 15) is 5.11 Å². The fourth-order valence-electron chi connectivity index (χ4n) is 1.11. The molecule has 66 valence electrons. The van der Waals surface area contributed by atoms with Gasteiger partial charge in [-0.1, -0.05) is 35.0 Å². The van der Waals surface area contributed by atoms with Crippen LogP contribution in [0.25, 0.3) is 0 Å². The van der Waals surface area contributed by atoms with Gasteiger partial charge in [-0.15, -0.1) is 0 Å². The van der Waals surface area contributed by atoms with Crippen LogP contribution < -0.4 is 9.79 Å². The molecule has 1 heterocycles. The molecule has 0 spiro atoms. The Morgan fingerprint density at radius 1 is 1.31 bits per heavy atom. The van der Waals surface area contributed by atoms with Gasteiger partial charge in [-0.05, 0) is 0 Å². The molecule has 13 heavy (non-hydrogen) atoms. The topological polar surface area (TPSA) is 53.0 Å². The highest BCUT2D eigenvalue weighted by atomic mass is 16.6. The van der Waals surface area contributed by atoms with E-state index in [1.54, 1.807) is 0 Å². The van der Waals surface area contributed by atoms with E-state index in [1.165, 1.54) is 10.9 Å². The van der Waals surface area contributed by atoms with E-state index in [0.717, 1.165) is 5.56 Å². The normalized spacial score (nSPS) is 10.2. The molecule has 0 saturated carbocycles. The second kappa shape index (κ2) is 3.26. The third-order valence-corrected chi connectivity index (χ3v) is 1.68. The van der Waals surface area contributed by atoms with E-state index in [1.807, 2.05) is 30.3 Å². The molecule has 0 radical (unpaired) electrons. The van der Waals surface area contributed by atoms with Crippen LogP contribution in [0.3, 0.4) is 0 Å². The van der Waals surface area contributed by atoms with Crippen molar-refractivity contribution >= 4 is 0 Å². The fourth-order valence-corrected chi connectivity index (χ4v) is 1.11. The summed E-state index contributed by atoms with van der Waals surface area (Å²) in [4.78, 5) is 0. The zero-order chi connectivity index (χ0) is 9.10. The van der Waals surface area contributed by atoms with Crippen LogP contribution in [0.1, 0.15) is 5.56 Å². The zero-order valence-electron chi connectivity index (χ0n) is 6.88. The molecular formula is C9H8N2O2. The number of hydrogen-bond acceptors (Lipinski definition) is 3. The standard InChI is InChI=1S/C9H8N2O2/c12-9-7-11(10-13-9)6-8-4-2-1-3-5-8/h1-5,7H,6H2. The van der Waals surface area contributed by atoms with Crippen molar-refractivity contribution in [1.29, 1.82) is 0 Å². The van der Waals surface area contributed by atoms with Crippen LogP contribution in [-0.2, 0) is 6.54 Å². The monoisotopic (exact) mass is 176 g/mol. The van der Waals surface area contributed by atoms with E-state index in [0.29, 0.717) is 6.54 Å². The maximum absolute atomic E-state index is 10.6. The minimum atomic E-state index is -0.420. The van der Waals surface area contributed by atoms with Crippen LogP contribution >= 0.6 is 0 Å². The van der Waals surface area contributed by atoms with Gasteiger partial charge in [-0.2, -0.15) is 0 Å². The smallest absolute Gasteiger partial charge is 0.221 e. The second-order valence-electron chi connectivity index (χ2n) is 2.70. The summed E-state index contributed by atoms with van der Waals surface area (Å²) in [6.45, 7) is 0.562.